The van der Waals surface area contributed by atoms with Gasteiger partial charge in [0.05, 0.1) is 26.2 Å². The highest BCUT2D eigenvalue weighted by Crippen LogP contribution is 2.45. The standard InChI is InChI=1S/C27H36N4O4/c1-30-25(19-10-8-11-28-18-19)24(20-16-22(34-2)23(35-3)17-21(20)27(30)33)26(32)29-12-9-15-31-13-6-4-5-7-14-31/h8,10-11,16-18,24-25H,4-7,9,12-15H2,1-3H3,(H,29,32)/t24-,25-/m1/s1. The van der Waals surface area contributed by atoms with Gasteiger partial charge in [-0.2, -0.15) is 0 Å². The van der Waals surface area contributed by atoms with Crippen molar-refractivity contribution in [1.82, 2.24) is 20.1 Å². The predicted molar refractivity (Wildman–Crippen MR) is 134 cm³/mol. The molecule has 1 aromatic heterocycles. The van der Waals surface area contributed by atoms with E-state index in [2.05, 4.69) is 15.2 Å². The van der Waals surface area contributed by atoms with Crippen LogP contribution in [0.3, 0.4) is 0 Å². The Balaban J connectivity index is 1.60. The fraction of sp³-hybridized carbons (Fsp3) is 0.519. The molecule has 0 unspecified atom stereocenters. The number of amides is 2. The number of fused-ring (bicyclic) bond motifs is 1. The molecule has 2 aliphatic rings. The second kappa shape index (κ2) is 11.5. The molecule has 2 amide bonds. The van der Waals surface area contributed by atoms with Crippen molar-refractivity contribution in [1.29, 1.82) is 0 Å². The second-order valence-electron chi connectivity index (χ2n) is 9.32. The molecule has 1 fully saturated rings. The molecule has 8 heteroatoms. The number of nitrogens with one attached hydrogen (secondary N) is 1. The molecule has 2 aromatic rings. The Morgan fingerprint density at radius 1 is 1.11 bits per heavy atom. The van der Waals surface area contributed by atoms with Gasteiger partial charge in [-0.1, -0.05) is 18.9 Å². The van der Waals surface area contributed by atoms with Gasteiger partial charge in [0.15, 0.2) is 11.5 Å². The largest absolute Gasteiger partial charge is 0.493 e. The first-order chi connectivity index (χ1) is 17.0. The summed E-state index contributed by atoms with van der Waals surface area (Å²) in [6.07, 6.45) is 9.43. The van der Waals surface area contributed by atoms with E-state index in [-0.39, 0.29) is 11.8 Å². The van der Waals surface area contributed by atoms with Crippen LogP contribution in [0.25, 0.3) is 0 Å². The van der Waals surface area contributed by atoms with Gasteiger partial charge in [0.2, 0.25) is 5.91 Å². The Labute approximate surface area is 207 Å². The lowest BCUT2D eigenvalue weighted by Gasteiger charge is -2.40. The summed E-state index contributed by atoms with van der Waals surface area (Å²) >= 11 is 0. The number of hydrogen-bond donors (Lipinski definition) is 1. The van der Waals surface area contributed by atoms with Gasteiger partial charge in [0.25, 0.3) is 5.91 Å². The molecular weight excluding hydrogens is 444 g/mol. The predicted octanol–water partition coefficient (Wildman–Crippen LogP) is 3.39. The fourth-order valence-electron chi connectivity index (χ4n) is 5.28. The lowest BCUT2D eigenvalue weighted by atomic mass is 9.79. The Bertz CT molecular complexity index is 1020. The minimum absolute atomic E-state index is 0.109. The van der Waals surface area contributed by atoms with Crippen LogP contribution >= 0.6 is 0 Å². The average Bonchev–Trinajstić information content (AvgIpc) is 3.17. The number of methoxy groups -OCH3 is 2. The number of likely N-dealkylation sites (N-methyl/N-ethyl adjacent to an activating group) is 1. The van der Waals surface area contributed by atoms with E-state index in [9.17, 15) is 9.59 Å². The number of rotatable bonds is 8. The highest BCUT2D eigenvalue weighted by molar-refractivity contribution is 6.02. The third kappa shape index (κ3) is 5.42. The van der Waals surface area contributed by atoms with Crippen molar-refractivity contribution in [2.24, 2.45) is 0 Å². The molecule has 8 nitrogen and oxygen atoms in total. The topological polar surface area (TPSA) is 84.0 Å². The number of benzene rings is 1. The first-order valence-corrected chi connectivity index (χ1v) is 12.5. The van der Waals surface area contributed by atoms with E-state index in [1.165, 1.54) is 32.8 Å². The highest BCUT2D eigenvalue weighted by atomic mass is 16.5. The smallest absolute Gasteiger partial charge is 0.254 e. The Morgan fingerprint density at radius 2 is 1.83 bits per heavy atom. The summed E-state index contributed by atoms with van der Waals surface area (Å²) in [5.41, 5.74) is 1.91. The quantitative estimate of drug-likeness (QED) is 0.583. The van der Waals surface area contributed by atoms with E-state index in [1.807, 2.05) is 12.1 Å². The maximum absolute atomic E-state index is 13.7. The van der Waals surface area contributed by atoms with Crippen molar-refractivity contribution in [3.05, 3.63) is 53.3 Å². The number of ether oxygens (including phenoxy) is 2. The molecule has 2 aliphatic heterocycles. The van der Waals surface area contributed by atoms with Gasteiger partial charge in [-0.3, -0.25) is 14.6 Å². The lowest BCUT2D eigenvalue weighted by molar-refractivity contribution is -0.124. The van der Waals surface area contributed by atoms with Gasteiger partial charge in [-0.25, -0.2) is 0 Å². The number of carbonyl (C=O) groups excluding carboxylic acids is 2. The van der Waals surface area contributed by atoms with Gasteiger partial charge >= 0.3 is 0 Å². The van der Waals surface area contributed by atoms with Crippen molar-refractivity contribution >= 4 is 11.8 Å². The lowest BCUT2D eigenvalue weighted by Crippen LogP contribution is -2.46. The van der Waals surface area contributed by atoms with Crippen molar-refractivity contribution in [3.8, 4) is 11.5 Å². The minimum Gasteiger partial charge on any atom is -0.493 e. The first-order valence-electron chi connectivity index (χ1n) is 12.5. The third-order valence-corrected chi connectivity index (χ3v) is 7.13. The van der Waals surface area contributed by atoms with Crippen LogP contribution in [0.4, 0.5) is 0 Å². The number of carbonyl (C=O) groups is 2. The summed E-state index contributed by atoms with van der Waals surface area (Å²) in [5.74, 6) is 0.0781. The van der Waals surface area contributed by atoms with Crippen LogP contribution in [-0.2, 0) is 4.79 Å². The number of pyridine rings is 1. The van der Waals surface area contributed by atoms with Crippen LogP contribution in [0.5, 0.6) is 11.5 Å². The molecule has 1 saturated heterocycles. The second-order valence-corrected chi connectivity index (χ2v) is 9.32. The molecule has 0 aliphatic carbocycles. The fourth-order valence-corrected chi connectivity index (χ4v) is 5.28. The Kier molecular flexibility index (Phi) is 8.23. The van der Waals surface area contributed by atoms with Gasteiger partial charge in [0, 0.05) is 31.5 Å². The van der Waals surface area contributed by atoms with E-state index < -0.39 is 12.0 Å². The van der Waals surface area contributed by atoms with Crippen molar-refractivity contribution < 1.29 is 19.1 Å². The number of likely N-dealkylation sites (tertiary alicyclic amines) is 1. The van der Waals surface area contributed by atoms with Crippen molar-refractivity contribution in [3.63, 3.8) is 0 Å². The van der Waals surface area contributed by atoms with Gasteiger partial charge < -0.3 is 24.6 Å². The molecular formula is C27H36N4O4. The third-order valence-electron chi connectivity index (χ3n) is 7.13. The first kappa shape index (κ1) is 25.0. The van der Waals surface area contributed by atoms with Crippen molar-refractivity contribution in [2.45, 2.75) is 44.1 Å². The molecule has 4 rings (SSSR count). The molecule has 188 valence electrons. The van der Waals surface area contributed by atoms with E-state index in [1.54, 1.807) is 43.6 Å². The van der Waals surface area contributed by atoms with Crippen LogP contribution in [0.15, 0.2) is 36.7 Å². The van der Waals surface area contributed by atoms with E-state index in [4.69, 9.17) is 9.47 Å². The summed E-state index contributed by atoms with van der Waals surface area (Å²) in [6.45, 7) is 3.85. The molecule has 1 N–H and O–H groups in total. The Morgan fingerprint density at radius 3 is 2.49 bits per heavy atom. The summed E-state index contributed by atoms with van der Waals surface area (Å²) in [4.78, 5) is 35.4. The molecule has 3 heterocycles. The van der Waals surface area contributed by atoms with Crippen LogP contribution in [0.2, 0.25) is 0 Å². The zero-order chi connectivity index (χ0) is 24.8. The maximum Gasteiger partial charge on any atom is 0.254 e. The number of aromatic nitrogens is 1. The Hall–Kier alpha value is -3.13. The summed E-state index contributed by atoms with van der Waals surface area (Å²) in [5, 5.41) is 3.15. The number of hydrogen-bond acceptors (Lipinski definition) is 6. The van der Waals surface area contributed by atoms with Gasteiger partial charge in [-0.15, -0.1) is 0 Å². The molecule has 1 aromatic carbocycles. The summed E-state index contributed by atoms with van der Waals surface area (Å²) < 4.78 is 10.9. The zero-order valence-corrected chi connectivity index (χ0v) is 21.0. The average molecular weight is 481 g/mol. The molecule has 2 atom stereocenters. The molecule has 35 heavy (non-hydrogen) atoms. The highest BCUT2D eigenvalue weighted by Gasteiger charge is 2.43. The SMILES string of the molecule is COc1cc2c(cc1OC)[C@@H](C(=O)NCCCN1CCCCCC1)[C@@H](c1cccnc1)N(C)C2=O. The van der Waals surface area contributed by atoms with Crippen molar-refractivity contribution in [2.75, 3.05) is 47.4 Å². The normalized spacial score (nSPS) is 20.7. The minimum atomic E-state index is -0.602. The maximum atomic E-state index is 13.7. The van der Waals surface area contributed by atoms with E-state index in [0.29, 0.717) is 29.2 Å². The monoisotopic (exact) mass is 480 g/mol. The van der Waals surface area contributed by atoms with Gasteiger partial charge in [0.1, 0.15) is 0 Å². The van der Waals surface area contributed by atoms with Crippen LogP contribution in [0, 0.1) is 0 Å². The molecule has 0 radical (unpaired) electrons. The van der Waals surface area contributed by atoms with Crippen LogP contribution in [-0.4, -0.2) is 74.0 Å². The van der Waals surface area contributed by atoms with Crippen LogP contribution in [0.1, 0.15) is 65.5 Å². The summed E-state index contributed by atoms with van der Waals surface area (Å²) in [7, 11) is 4.82. The molecule has 0 bridgehead atoms. The zero-order valence-electron chi connectivity index (χ0n) is 21.0. The summed E-state index contributed by atoms with van der Waals surface area (Å²) in [6, 6.07) is 6.70. The molecule has 0 saturated carbocycles. The van der Waals surface area contributed by atoms with Gasteiger partial charge in [-0.05, 0) is 68.2 Å². The number of nitrogens with zero attached hydrogens (tertiary/aromatic N) is 3. The molecule has 0 spiro atoms. The van der Waals surface area contributed by atoms with Crippen LogP contribution < -0.4 is 14.8 Å². The van der Waals surface area contributed by atoms with E-state index in [0.717, 1.165) is 31.6 Å². The van der Waals surface area contributed by atoms with E-state index >= 15 is 0 Å².